The number of thiophene rings is 1. The first kappa shape index (κ1) is 12.8. The van der Waals surface area contributed by atoms with Gasteiger partial charge in [0, 0.05) is 6.42 Å². The lowest BCUT2D eigenvalue weighted by Crippen LogP contribution is -2.10. The number of carbonyl (C=O) groups excluding carboxylic acids is 1. The topological polar surface area (TPSA) is 68.0 Å². The van der Waals surface area contributed by atoms with E-state index in [1.807, 2.05) is 11.4 Å². The van der Waals surface area contributed by atoms with Crippen LogP contribution in [0.15, 0.2) is 16.0 Å². The van der Waals surface area contributed by atoms with Crippen molar-refractivity contribution < 1.29 is 9.32 Å². The fourth-order valence-electron chi connectivity index (χ4n) is 1.51. The third-order valence-corrected chi connectivity index (χ3v) is 3.32. The Bertz CT molecular complexity index is 533. The van der Waals surface area contributed by atoms with Crippen molar-refractivity contribution in [1.29, 1.82) is 0 Å². The molecule has 1 amide bonds. The summed E-state index contributed by atoms with van der Waals surface area (Å²) in [5.41, 5.74) is 0.741. The highest BCUT2D eigenvalue weighted by atomic mass is 32.1. The van der Waals surface area contributed by atoms with Crippen LogP contribution in [0, 0.1) is 6.92 Å². The molecule has 0 bridgehead atoms. The summed E-state index contributed by atoms with van der Waals surface area (Å²) in [7, 11) is 0. The van der Waals surface area contributed by atoms with E-state index in [2.05, 4.69) is 22.4 Å². The number of hydrogen-bond acceptors (Lipinski definition) is 5. The number of nitrogens with one attached hydrogen (secondary N) is 1. The minimum absolute atomic E-state index is 0.0211. The summed E-state index contributed by atoms with van der Waals surface area (Å²) < 4.78 is 5.11. The fourth-order valence-corrected chi connectivity index (χ4v) is 2.28. The van der Waals surface area contributed by atoms with Gasteiger partial charge in [-0.2, -0.15) is 4.98 Å². The standard InChI is InChI=1S/C12H15N3O2S/c1-3-4-5-10(16)14-9-6-7-18-11(9)12-13-8(2)15-17-12/h6-7H,3-5H2,1-2H3,(H,14,16). The summed E-state index contributed by atoms with van der Waals surface area (Å²) >= 11 is 1.47. The summed E-state index contributed by atoms with van der Waals surface area (Å²) in [5.74, 6) is 1.06. The quantitative estimate of drug-likeness (QED) is 0.901. The molecule has 0 saturated heterocycles. The van der Waals surface area contributed by atoms with Crippen molar-refractivity contribution in [2.24, 2.45) is 0 Å². The van der Waals surface area contributed by atoms with E-state index >= 15 is 0 Å². The van der Waals surface area contributed by atoms with Gasteiger partial charge in [0.1, 0.15) is 4.88 Å². The van der Waals surface area contributed by atoms with E-state index in [0.29, 0.717) is 18.1 Å². The van der Waals surface area contributed by atoms with Gasteiger partial charge in [0.05, 0.1) is 5.69 Å². The Morgan fingerprint density at radius 2 is 2.39 bits per heavy atom. The molecule has 0 saturated carbocycles. The molecule has 0 unspecified atom stereocenters. The molecule has 6 heteroatoms. The number of anilines is 1. The first-order valence-electron chi connectivity index (χ1n) is 5.88. The molecule has 1 N–H and O–H groups in total. The highest BCUT2D eigenvalue weighted by Gasteiger charge is 2.14. The third-order valence-electron chi connectivity index (χ3n) is 2.42. The van der Waals surface area contributed by atoms with Crippen LogP contribution < -0.4 is 5.32 Å². The second-order valence-corrected chi connectivity index (χ2v) is 4.88. The van der Waals surface area contributed by atoms with Crippen molar-refractivity contribution in [2.75, 3.05) is 5.32 Å². The fraction of sp³-hybridized carbons (Fsp3) is 0.417. The maximum atomic E-state index is 11.7. The molecule has 0 aliphatic heterocycles. The molecule has 5 nitrogen and oxygen atoms in total. The second-order valence-electron chi connectivity index (χ2n) is 3.96. The van der Waals surface area contributed by atoms with E-state index in [1.54, 1.807) is 6.92 Å². The molecule has 18 heavy (non-hydrogen) atoms. The number of carbonyl (C=O) groups is 1. The molecule has 0 radical (unpaired) electrons. The molecule has 0 aromatic carbocycles. The third kappa shape index (κ3) is 2.95. The summed E-state index contributed by atoms with van der Waals surface area (Å²) in [5, 5.41) is 8.52. The number of aromatic nitrogens is 2. The Hall–Kier alpha value is -1.69. The highest BCUT2D eigenvalue weighted by molar-refractivity contribution is 7.14. The lowest BCUT2D eigenvalue weighted by Gasteiger charge is -2.03. The van der Waals surface area contributed by atoms with Gasteiger partial charge in [0.25, 0.3) is 5.89 Å². The summed E-state index contributed by atoms with van der Waals surface area (Å²) in [6.07, 6.45) is 2.44. The largest absolute Gasteiger partial charge is 0.333 e. The van der Waals surface area contributed by atoms with Crippen LogP contribution in [0.25, 0.3) is 10.8 Å². The van der Waals surface area contributed by atoms with Crippen LogP contribution in [-0.2, 0) is 4.79 Å². The molecule has 2 heterocycles. The minimum Gasteiger partial charge on any atom is -0.333 e. The van der Waals surface area contributed by atoms with Crippen LogP contribution in [0.5, 0.6) is 0 Å². The maximum absolute atomic E-state index is 11.7. The van der Waals surface area contributed by atoms with Crippen LogP contribution in [-0.4, -0.2) is 16.0 Å². The molecule has 0 aliphatic rings. The van der Waals surface area contributed by atoms with Gasteiger partial charge in [-0.25, -0.2) is 0 Å². The second kappa shape index (κ2) is 5.77. The molecule has 0 fully saturated rings. The number of unbranched alkanes of at least 4 members (excludes halogenated alkanes) is 1. The predicted octanol–water partition coefficient (Wildman–Crippen LogP) is 3.24. The zero-order valence-electron chi connectivity index (χ0n) is 10.4. The number of nitrogens with zero attached hydrogens (tertiary/aromatic N) is 2. The average Bonchev–Trinajstić information content (AvgIpc) is 2.95. The van der Waals surface area contributed by atoms with E-state index in [1.165, 1.54) is 11.3 Å². The molecule has 2 rings (SSSR count). The van der Waals surface area contributed by atoms with Gasteiger partial charge in [-0.05, 0) is 24.8 Å². The van der Waals surface area contributed by atoms with Crippen molar-refractivity contribution in [2.45, 2.75) is 33.1 Å². The zero-order chi connectivity index (χ0) is 13.0. The van der Waals surface area contributed by atoms with E-state index in [9.17, 15) is 4.79 Å². The monoisotopic (exact) mass is 265 g/mol. The SMILES string of the molecule is CCCCC(=O)Nc1ccsc1-c1nc(C)no1. The van der Waals surface area contributed by atoms with Crippen LogP contribution in [0.1, 0.15) is 32.0 Å². The van der Waals surface area contributed by atoms with Crippen LogP contribution in [0.2, 0.25) is 0 Å². The van der Waals surface area contributed by atoms with Gasteiger partial charge >= 0.3 is 0 Å². The normalized spacial score (nSPS) is 10.6. The first-order chi connectivity index (χ1) is 8.70. The predicted molar refractivity (Wildman–Crippen MR) is 70.5 cm³/mol. The van der Waals surface area contributed by atoms with Crippen LogP contribution >= 0.6 is 11.3 Å². The van der Waals surface area contributed by atoms with E-state index in [0.717, 1.165) is 23.4 Å². The Morgan fingerprint density at radius 3 is 3.06 bits per heavy atom. The summed E-state index contributed by atoms with van der Waals surface area (Å²) in [6.45, 7) is 3.82. The van der Waals surface area contributed by atoms with Crippen molar-refractivity contribution in [3.05, 3.63) is 17.3 Å². The van der Waals surface area contributed by atoms with Crippen LogP contribution in [0.3, 0.4) is 0 Å². The van der Waals surface area contributed by atoms with Gasteiger partial charge in [0.2, 0.25) is 5.91 Å². The molecule has 2 aromatic heterocycles. The molecular weight excluding hydrogens is 250 g/mol. The molecule has 2 aromatic rings. The Labute approximate surface area is 109 Å². The Morgan fingerprint density at radius 1 is 1.56 bits per heavy atom. The minimum atomic E-state index is 0.0211. The highest BCUT2D eigenvalue weighted by Crippen LogP contribution is 2.32. The summed E-state index contributed by atoms with van der Waals surface area (Å²) in [6, 6.07) is 1.85. The van der Waals surface area contributed by atoms with E-state index < -0.39 is 0 Å². The zero-order valence-corrected chi connectivity index (χ0v) is 11.2. The van der Waals surface area contributed by atoms with Crippen molar-refractivity contribution in [3.63, 3.8) is 0 Å². The Balaban J connectivity index is 2.11. The lowest BCUT2D eigenvalue weighted by atomic mass is 10.2. The van der Waals surface area contributed by atoms with Crippen LogP contribution in [0.4, 0.5) is 5.69 Å². The molecular formula is C12H15N3O2S. The van der Waals surface area contributed by atoms with Gasteiger partial charge < -0.3 is 9.84 Å². The van der Waals surface area contributed by atoms with Gasteiger partial charge in [-0.3, -0.25) is 4.79 Å². The number of amides is 1. The van der Waals surface area contributed by atoms with Crippen molar-refractivity contribution >= 4 is 22.9 Å². The molecule has 0 atom stereocenters. The first-order valence-corrected chi connectivity index (χ1v) is 6.76. The van der Waals surface area contributed by atoms with Crippen molar-refractivity contribution in [3.8, 4) is 10.8 Å². The smallest absolute Gasteiger partial charge is 0.270 e. The number of hydrogen-bond donors (Lipinski definition) is 1. The maximum Gasteiger partial charge on any atom is 0.270 e. The van der Waals surface area contributed by atoms with E-state index in [-0.39, 0.29) is 5.91 Å². The number of rotatable bonds is 5. The number of aryl methyl sites for hydroxylation is 1. The lowest BCUT2D eigenvalue weighted by molar-refractivity contribution is -0.116. The molecule has 0 aliphatic carbocycles. The van der Waals surface area contributed by atoms with Gasteiger partial charge in [-0.15, -0.1) is 11.3 Å². The van der Waals surface area contributed by atoms with Crippen molar-refractivity contribution in [1.82, 2.24) is 10.1 Å². The Kier molecular flexibility index (Phi) is 4.09. The molecule has 0 spiro atoms. The summed E-state index contributed by atoms with van der Waals surface area (Å²) in [4.78, 5) is 16.7. The average molecular weight is 265 g/mol. The van der Waals surface area contributed by atoms with Gasteiger partial charge in [0.15, 0.2) is 5.82 Å². The van der Waals surface area contributed by atoms with E-state index in [4.69, 9.17) is 4.52 Å². The molecule has 96 valence electrons. The van der Waals surface area contributed by atoms with Gasteiger partial charge in [-0.1, -0.05) is 18.5 Å².